The Labute approximate surface area is 162 Å². The van der Waals surface area contributed by atoms with E-state index in [0.717, 1.165) is 35.2 Å². The summed E-state index contributed by atoms with van der Waals surface area (Å²) in [6.07, 6.45) is 1.89. The molecule has 28 heavy (non-hydrogen) atoms. The van der Waals surface area contributed by atoms with Gasteiger partial charge in [-0.2, -0.15) is 0 Å². The molecular formula is C24H19N2O2+. The first-order chi connectivity index (χ1) is 13.8. The molecule has 0 amide bonds. The third-order valence-electron chi connectivity index (χ3n) is 6.24. The molecule has 136 valence electrons. The summed E-state index contributed by atoms with van der Waals surface area (Å²) in [6.45, 7) is 0. The van der Waals surface area contributed by atoms with Crippen LogP contribution in [0.15, 0.2) is 89.7 Å². The molecule has 0 radical (unpaired) electrons. The van der Waals surface area contributed by atoms with Crippen LogP contribution in [-0.2, 0) is 11.1 Å². The van der Waals surface area contributed by atoms with Crippen molar-refractivity contribution in [2.45, 2.75) is 24.0 Å². The molecule has 1 saturated carbocycles. The van der Waals surface area contributed by atoms with E-state index in [1.807, 2.05) is 65.3 Å². The Kier molecular flexibility index (Phi) is 2.97. The summed E-state index contributed by atoms with van der Waals surface area (Å²) in [5.41, 5.74) is 1.13. The van der Waals surface area contributed by atoms with Crippen LogP contribution in [0.25, 0.3) is 10.8 Å². The van der Waals surface area contributed by atoms with Crippen LogP contribution in [0.5, 0.6) is 5.88 Å². The average molecular weight is 367 g/mol. The minimum Gasteiger partial charge on any atom is -0.418 e. The van der Waals surface area contributed by atoms with Crippen molar-refractivity contribution in [1.82, 2.24) is 5.10 Å². The maximum atomic E-state index is 12.8. The van der Waals surface area contributed by atoms with Crippen molar-refractivity contribution in [3.05, 3.63) is 106 Å². The summed E-state index contributed by atoms with van der Waals surface area (Å²) in [6, 6.07) is 28.4. The zero-order valence-corrected chi connectivity index (χ0v) is 15.3. The molecule has 4 heteroatoms. The predicted molar refractivity (Wildman–Crippen MR) is 106 cm³/mol. The van der Waals surface area contributed by atoms with Gasteiger partial charge in [0.05, 0.1) is 5.39 Å². The smallest absolute Gasteiger partial charge is 0.402 e. The van der Waals surface area contributed by atoms with Gasteiger partial charge < -0.3 is 4.74 Å². The predicted octanol–water partition coefficient (Wildman–Crippen LogP) is 3.64. The Morgan fingerprint density at radius 3 is 1.86 bits per heavy atom. The highest BCUT2D eigenvalue weighted by Gasteiger charge is 2.77. The molecule has 6 rings (SSSR count). The largest absolute Gasteiger partial charge is 0.418 e. The molecule has 0 saturated heterocycles. The molecule has 1 N–H and O–H groups in total. The van der Waals surface area contributed by atoms with Crippen LogP contribution in [0.4, 0.5) is 0 Å². The van der Waals surface area contributed by atoms with Crippen LogP contribution < -0.4 is 15.0 Å². The van der Waals surface area contributed by atoms with Crippen LogP contribution in [0.2, 0.25) is 0 Å². The molecule has 4 aromatic rings. The first-order valence-corrected chi connectivity index (χ1v) is 9.64. The fourth-order valence-corrected chi connectivity index (χ4v) is 4.86. The fraction of sp³-hybridized carbons (Fsp3) is 0.167. The number of nitrogens with one attached hydrogen (secondary N) is 1. The summed E-state index contributed by atoms with van der Waals surface area (Å²) >= 11 is 0. The van der Waals surface area contributed by atoms with Crippen molar-refractivity contribution in [1.29, 1.82) is 0 Å². The molecule has 3 aromatic carbocycles. The lowest BCUT2D eigenvalue weighted by atomic mass is 9.78. The molecule has 1 spiro atoms. The van der Waals surface area contributed by atoms with E-state index in [1.54, 1.807) is 0 Å². The molecule has 1 aromatic heterocycles. The number of rotatable bonds is 2. The third-order valence-corrected chi connectivity index (χ3v) is 6.24. The zero-order valence-electron chi connectivity index (χ0n) is 15.3. The van der Waals surface area contributed by atoms with Gasteiger partial charge in [-0.05, 0) is 12.1 Å². The molecule has 2 heterocycles. The SMILES string of the molecule is O=c1[nH][n+]2c(c3ccccc13)OC(c1ccccc1)(c1ccccc1)C21CC1. The Bertz CT molecular complexity index is 1220. The zero-order chi connectivity index (χ0) is 18.8. The van der Waals surface area contributed by atoms with Crippen molar-refractivity contribution >= 4 is 10.8 Å². The monoisotopic (exact) mass is 367 g/mol. The number of fused-ring (bicyclic) bond motifs is 4. The summed E-state index contributed by atoms with van der Waals surface area (Å²) in [5, 5.41) is 4.62. The van der Waals surface area contributed by atoms with Crippen molar-refractivity contribution < 1.29 is 9.42 Å². The molecule has 1 aliphatic heterocycles. The van der Waals surface area contributed by atoms with Gasteiger partial charge in [-0.1, -0.05) is 77.5 Å². The van der Waals surface area contributed by atoms with Crippen LogP contribution in [0.3, 0.4) is 0 Å². The lowest BCUT2D eigenvalue weighted by Crippen LogP contribution is -2.57. The first-order valence-electron chi connectivity index (χ1n) is 9.64. The van der Waals surface area contributed by atoms with E-state index in [9.17, 15) is 4.79 Å². The Morgan fingerprint density at radius 2 is 1.29 bits per heavy atom. The van der Waals surface area contributed by atoms with Crippen LogP contribution >= 0.6 is 0 Å². The van der Waals surface area contributed by atoms with E-state index >= 15 is 0 Å². The van der Waals surface area contributed by atoms with Gasteiger partial charge in [0.2, 0.25) is 11.1 Å². The lowest BCUT2D eigenvalue weighted by Gasteiger charge is -2.30. The van der Waals surface area contributed by atoms with E-state index in [4.69, 9.17) is 4.74 Å². The first kappa shape index (κ1) is 15.6. The minimum atomic E-state index is -0.671. The van der Waals surface area contributed by atoms with Crippen LogP contribution in [0.1, 0.15) is 24.0 Å². The number of hydrogen-bond acceptors (Lipinski definition) is 2. The minimum absolute atomic E-state index is 0.0776. The highest BCUT2D eigenvalue weighted by Crippen LogP contribution is 2.61. The van der Waals surface area contributed by atoms with E-state index in [1.165, 1.54) is 0 Å². The second-order valence-corrected chi connectivity index (χ2v) is 7.67. The highest BCUT2D eigenvalue weighted by atomic mass is 16.5. The number of hydrogen-bond donors (Lipinski definition) is 1. The van der Waals surface area contributed by atoms with Crippen molar-refractivity contribution in [3.8, 4) is 5.88 Å². The van der Waals surface area contributed by atoms with Gasteiger partial charge in [-0.25, -0.2) is 0 Å². The van der Waals surface area contributed by atoms with Crippen molar-refractivity contribution in [2.75, 3.05) is 0 Å². The Balaban J connectivity index is 1.72. The summed E-state index contributed by atoms with van der Waals surface area (Å²) in [4.78, 5) is 12.8. The fourth-order valence-electron chi connectivity index (χ4n) is 4.86. The summed E-state index contributed by atoms with van der Waals surface area (Å²) in [7, 11) is 0. The van der Waals surface area contributed by atoms with Gasteiger partial charge >= 0.3 is 11.4 Å². The lowest BCUT2D eigenvalue weighted by molar-refractivity contribution is -0.781. The van der Waals surface area contributed by atoms with Crippen LogP contribution in [0, 0.1) is 0 Å². The molecule has 0 atom stereocenters. The van der Waals surface area contributed by atoms with Gasteiger partial charge in [-0.15, -0.1) is 5.10 Å². The number of ether oxygens (including phenoxy) is 1. The molecule has 4 nitrogen and oxygen atoms in total. The summed E-state index contributed by atoms with van der Waals surface area (Å²) < 4.78 is 8.90. The molecule has 1 aliphatic carbocycles. The number of aromatic amines is 1. The molecular weight excluding hydrogens is 348 g/mol. The van der Waals surface area contributed by atoms with E-state index < -0.39 is 5.60 Å². The standard InChI is InChI=1S/C24H18N2O2/c27-21-19-13-7-8-14-20(19)22-26(25-21)23(15-16-23)24(28-22,17-9-3-1-4-10-17)18-11-5-2-6-12-18/h1-14H,15-16H2/p+1. The number of nitrogens with zero attached hydrogens (tertiary/aromatic N) is 1. The van der Waals surface area contributed by atoms with Gasteiger partial charge in [0.25, 0.3) is 0 Å². The quantitative estimate of drug-likeness (QED) is 0.550. The maximum absolute atomic E-state index is 12.8. The van der Waals surface area contributed by atoms with Crippen molar-refractivity contribution in [3.63, 3.8) is 0 Å². The highest BCUT2D eigenvalue weighted by molar-refractivity contribution is 5.85. The van der Waals surface area contributed by atoms with E-state index in [0.29, 0.717) is 5.39 Å². The van der Waals surface area contributed by atoms with E-state index in [2.05, 4.69) is 29.4 Å². The van der Waals surface area contributed by atoms with Gasteiger partial charge in [0, 0.05) is 24.0 Å². The number of aromatic nitrogens is 2. The molecule has 0 unspecified atom stereocenters. The van der Waals surface area contributed by atoms with Crippen LogP contribution in [-0.4, -0.2) is 5.10 Å². The summed E-state index contributed by atoms with van der Waals surface area (Å²) in [5.74, 6) is 0.736. The second-order valence-electron chi connectivity index (χ2n) is 7.67. The van der Waals surface area contributed by atoms with Crippen molar-refractivity contribution in [2.24, 2.45) is 0 Å². The number of H-pyrrole nitrogens is 1. The topological polar surface area (TPSA) is 46.0 Å². The Morgan fingerprint density at radius 1 is 0.750 bits per heavy atom. The van der Waals surface area contributed by atoms with E-state index in [-0.39, 0.29) is 11.1 Å². The molecule has 1 fully saturated rings. The maximum Gasteiger partial charge on any atom is 0.402 e. The van der Waals surface area contributed by atoms with Gasteiger partial charge in [-0.3, -0.25) is 4.79 Å². The number of benzene rings is 3. The average Bonchev–Trinajstić information content (AvgIpc) is 3.51. The van der Waals surface area contributed by atoms with Gasteiger partial charge in [0.15, 0.2) is 0 Å². The second kappa shape index (κ2) is 5.32. The molecule has 0 bridgehead atoms. The molecule has 2 aliphatic rings. The van der Waals surface area contributed by atoms with Gasteiger partial charge in [0.1, 0.15) is 5.39 Å². The third kappa shape index (κ3) is 1.80. The normalized spacial score (nSPS) is 18.0. The Hall–Kier alpha value is -3.40.